The van der Waals surface area contributed by atoms with Crippen LogP contribution in [-0.2, 0) is 11.3 Å². The molecule has 1 amide bonds. The summed E-state index contributed by atoms with van der Waals surface area (Å²) in [6, 6.07) is 0. The molecule has 0 saturated carbocycles. The SMILES string of the molecule is CCNC(=O)[C@H]1CCN(Cc2cn[nH]c2C(=O)O)C1. The standard InChI is InChI=1S/C12H18N4O3/c1-2-13-11(17)8-3-4-16(6-8)7-9-5-14-15-10(9)12(18)19/h5,8H,2-4,6-7H2,1H3,(H,13,17)(H,14,15)(H,18,19)/t8-/m0/s1. The van der Waals surface area contributed by atoms with E-state index in [4.69, 9.17) is 5.11 Å². The van der Waals surface area contributed by atoms with Crippen LogP contribution in [0.4, 0.5) is 0 Å². The van der Waals surface area contributed by atoms with Crippen LogP contribution in [0.25, 0.3) is 0 Å². The van der Waals surface area contributed by atoms with Gasteiger partial charge in [0.2, 0.25) is 5.91 Å². The Morgan fingerprint density at radius 1 is 1.63 bits per heavy atom. The van der Waals surface area contributed by atoms with Gasteiger partial charge in [0.15, 0.2) is 0 Å². The molecular weight excluding hydrogens is 248 g/mol. The van der Waals surface area contributed by atoms with Crippen LogP contribution in [-0.4, -0.2) is 51.7 Å². The third-order valence-corrected chi connectivity index (χ3v) is 3.32. The number of nitrogens with zero attached hydrogens (tertiary/aromatic N) is 2. The number of carbonyl (C=O) groups excluding carboxylic acids is 1. The van der Waals surface area contributed by atoms with E-state index in [0.29, 0.717) is 25.2 Å². The number of aromatic nitrogens is 2. The van der Waals surface area contributed by atoms with E-state index in [1.807, 2.05) is 6.92 Å². The molecule has 0 aromatic carbocycles. The van der Waals surface area contributed by atoms with E-state index >= 15 is 0 Å². The number of amides is 1. The first-order chi connectivity index (χ1) is 9.11. The Morgan fingerprint density at radius 3 is 3.11 bits per heavy atom. The van der Waals surface area contributed by atoms with Crippen LogP contribution < -0.4 is 5.32 Å². The van der Waals surface area contributed by atoms with Crippen LogP contribution in [0.2, 0.25) is 0 Å². The Hall–Kier alpha value is -1.89. The zero-order valence-corrected chi connectivity index (χ0v) is 10.8. The number of carboxylic acid groups (broad SMARTS) is 1. The van der Waals surface area contributed by atoms with E-state index in [1.54, 1.807) is 0 Å². The summed E-state index contributed by atoms with van der Waals surface area (Å²) in [4.78, 5) is 24.8. The number of aromatic amines is 1. The summed E-state index contributed by atoms with van der Waals surface area (Å²) in [5.74, 6) is -0.928. The lowest BCUT2D eigenvalue weighted by Gasteiger charge is -2.15. The Kier molecular flexibility index (Phi) is 4.16. The van der Waals surface area contributed by atoms with Gasteiger partial charge in [0.1, 0.15) is 5.69 Å². The van der Waals surface area contributed by atoms with Crippen molar-refractivity contribution in [2.45, 2.75) is 19.9 Å². The highest BCUT2D eigenvalue weighted by atomic mass is 16.4. The summed E-state index contributed by atoms with van der Waals surface area (Å²) in [5.41, 5.74) is 0.783. The molecule has 1 saturated heterocycles. The van der Waals surface area contributed by atoms with Crippen molar-refractivity contribution in [1.82, 2.24) is 20.4 Å². The van der Waals surface area contributed by atoms with Crippen LogP contribution in [0, 0.1) is 5.92 Å². The number of rotatable bonds is 5. The number of hydrogen-bond acceptors (Lipinski definition) is 4. The molecule has 0 radical (unpaired) electrons. The molecule has 1 fully saturated rings. The maximum atomic E-state index is 11.7. The average molecular weight is 266 g/mol. The normalized spacial score (nSPS) is 19.5. The number of carbonyl (C=O) groups is 2. The highest BCUT2D eigenvalue weighted by Crippen LogP contribution is 2.19. The predicted molar refractivity (Wildman–Crippen MR) is 67.6 cm³/mol. The van der Waals surface area contributed by atoms with Crippen molar-refractivity contribution in [2.24, 2.45) is 5.92 Å². The van der Waals surface area contributed by atoms with Gasteiger partial charge in [0.25, 0.3) is 0 Å². The second-order valence-electron chi connectivity index (χ2n) is 4.69. The van der Waals surface area contributed by atoms with Crippen molar-refractivity contribution in [2.75, 3.05) is 19.6 Å². The quantitative estimate of drug-likeness (QED) is 0.700. The fourth-order valence-electron chi connectivity index (χ4n) is 2.37. The van der Waals surface area contributed by atoms with Crippen LogP contribution >= 0.6 is 0 Å². The van der Waals surface area contributed by atoms with Crippen molar-refractivity contribution in [3.05, 3.63) is 17.5 Å². The Bertz CT molecular complexity index is 471. The van der Waals surface area contributed by atoms with Crippen molar-refractivity contribution in [3.63, 3.8) is 0 Å². The number of carboxylic acids is 1. The second-order valence-corrected chi connectivity index (χ2v) is 4.69. The molecule has 1 aliphatic rings. The van der Waals surface area contributed by atoms with Gasteiger partial charge in [0.05, 0.1) is 12.1 Å². The number of H-pyrrole nitrogens is 1. The molecule has 1 aliphatic heterocycles. The maximum Gasteiger partial charge on any atom is 0.354 e. The maximum absolute atomic E-state index is 11.7. The van der Waals surface area contributed by atoms with Gasteiger partial charge in [-0.25, -0.2) is 4.79 Å². The monoisotopic (exact) mass is 266 g/mol. The second kappa shape index (κ2) is 5.83. The van der Waals surface area contributed by atoms with E-state index in [9.17, 15) is 9.59 Å². The van der Waals surface area contributed by atoms with E-state index in [2.05, 4.69) is 20.4 Å². The van der Waals surface area contributed by atoms with Crippen molar-refractivity contribution >= 4 is 11.9 Å². The van der Waals surface area contributed by atoms with Gasteiger partial charge in [-0.15, -0.1) is 0 Å². The van der Waals surface area contributed by atoms with Gasteiger partial charge in [-0.2, -0.15) is 5.10 Å². The molecule has 0 bridgehead atoms. The number of hydrogen-bond donors (Lipinski definition) is 3. The molecular formula is C12H18N4O3. The van der Waals surface area contributed by atoms with Crippen LogP contribution in [0.5, 0.6) is 0 Å². The summed E-state index contributed by atoms with van der Waals surface area (Å²) < 4.78 is 0. The topological polar surface area (TPSA) is 98.3 Å². The first-order valence-corrected chi connectivity index (χ1v) is 6.37. The molecule has 0 aliphatic carbocycles. The van der Waals surface area contributed by atoms with Gasteiger partial charge in [0, 0.05) is 25.2 Å². The molecule has 19 heavy (non-hydrogen) atoms. The smallest absolute Gasteiger partial charge is 0.354 e. The minimum atomic E-state index is -1.01. The van der Waals surface area contributed by atoms with E-state index in [-0.39, 0.29) is 17.5 Å². The van der Waals surface area contributed by atoms with Crippen molar-refractivity contribution in [3.8, 4) is 0 Å². The Balaban J connectivity index is 1.93. The lowest BCUT2D eigenvalue weighted by molar-refractivity contribution is -0.124. The minimum absolute atomic E-state index is 0.000120. The lowest BCUT2D eigenvalue weighted by Crippen LogP contribution is -2.32. The van der Waals surface area contributed by atoms with Crippen LogP contribution in [0.1, 0.15) is 29.4 Å². The molecule has 104 valence electrons. The van der Waals surface area contributed by atoms with Gasteiger partial charge in [-0.3, -0.25) is 14.8 Å². The van der Waals surface area contributed by atoms with Crippen LogP contribution in [0.15, 0.2) is 6.20 Å². The van der Waals surface area contributed by atoms with Gasteiger partial charge < -0.3 is 10.4 Å². The first-order valence-electron chi connectivity index (χ1n) is 6.37. The number of likely N-dealkylation sites (tertiary alicyclic amines) is 1. The molecule has 7 heteroatoms. The summed E-state index contributed by atoms with van der Waals surface area (Å²) in [5, 5.41) is 18.0. The largest absolute Gasteiger partial charge is 0.477 e. The first kappa shape index (κ1) is 13.5. The summed E-state index contributed by atoms with van der Waals surface area (Å²) in [6.45, 7) is 4.51. The summed E-state index contributed by atoms with van der Waals surface area (Å²) in [7, 11) is 0. The number of aromatic carboxylic acids is 1. The molecule has 0 unspecified atom stereocenters. The molecule has 1 aromatic rings. The Labute approximate surface area is 111 Å². The molecule has 1 aromatic heterocycles. The van der Waals surface area contributed by atoms with Crippen molar-refractivity contribution in [1.29, 1.82) is 0 Å². The highest BCUT2D eigenvalue weighted by Gasteiger charge is 2.28. The summed E-state index contributed by atoms with van der Waals surface area (Å²) >= 11 is 0. The summed E-state index contributed by atoms with van der Waals surface area (Å²) in [6.07, 6.45) is 2.34. The minimum Gasteiger partial charge on any atom is -0.477 e. The lowest BCUT2D eigenvalue weighted by atomic mass is 10.1. The van der Waals surface area contributed by atoms with Gasteiger partial charge >= 0.3 is 5.97 Å². The molecule has 0 spiro atoms. The van der Waals surface area contributed by atoms with Crippen LogP contribution in [0.3, 0.4) is 0 Å². The van der Waals surface area contributed by atoms with Crippen molar-refractivity contribution < 1.29 is 14.7 Å². The average Bonchev–Trinajstić information content (AvgIpc) is 2.99. The fraction of sp³-hybridized carbons (Fsp3) is 0.583. The Morgan fingerprint density at radius 2 is 2.42 bits per heavy atom. The fourth-order valence-corrected chi connectivity index (χ4v) is 2.37. The third-order valence-electron chi connectivity index (χ3n) is 3.32. The molecule has 2 heterocycles. The van der Waals surface area contributed by atoms with E-state index in [1.165, 1.54) is 6.20 Å². The van der Waals surface area contributed by atoms with E-state index < -0.39 is 5.97 Å². The molecule has 2 rings (SSSR count). The van der Waals surface area contributed by atoms with E-state index in [0.717, 1.165) is 13.0 Å². The molecule has 3 N–H and O–H groups in total. The van der Waals surface area contributed by atoms with Gasteiger partial charge in [-0.05, 0) is 19.9 Å². The zero-order chi connectivity index (χ0) is 13.8. The molecule has 1 atom stereocenters. The predicted octanol–water partition coefficient (Wildman–Crippen LogP) is 0.0659. The zero-order valence-electron chi connectivity index (χ0n) is 10.8. The highest BCUT2D eigenvalue weighted by molar-refractivity contribution is 5.86. The number of nitrogens with one attached hydrogen (secondary N) is 2. The van der Waals surface area contributed by atoms with Gasteiger partial charge in [-0.1, -0.05) is 0 Å². The molecule has 7 nitrogen and oxygen atoms in total. The third kappa shape index (κ3) is 3.11.